The molecule has 1 aliphatic rings. The lowest BCUT2D eigenvalue weighted by Crippen LogP contribution is -2.58. The van der Waals surface area contributed by atoms with Gasteiger partial charge in [0, 0.05) is 31.4 Å². The van der Waals surface area contributed by atoms with Crippen molar-refractivity contribution in [2.75, 3.05) is 23.7 Å². The van der Waals surface area contributed by atoms with Crippen molar-refractivity contribution in [1.29, 1.82) is 0 Å². The Hall–Kier alpha value is -4.52. The van der Waals surface area contributed by atoms with Crippen molar-refractivity contribution in [3.8, 4) is 16.9 Å². The largest absolute Gasteiger partial charge is 0.395 e. The minimum atomic E-state index is -1.96. The Labute approximate surface area is 261 Å². The Balaban J connectivity index is 1.87. The van der Waals surface area contributed by atoms with E-state index in [0.717, 1.165) is 10.6 Å². The minimum absolute atomic E-state index is 0.0591. The molecule has 3 aromatic heterocycles. The molecule has 0 unspecified atom stereocenters. The lowest BCUT2D eigenvalue weighted by molar-refractivity contribution is -0.130. The number of rotatable bonds is 5. The number of nitrogens with zero attached hydrogens (tertiary/aromatic N) is 6. The molecule has 236 valence electrons. The number of piperazine rings is 1. The summed E-state index contributed by atoms with van der Waals surface area (Å²) < 4.78 is 61.0. The van der Waals surface area contributed by atoms with Gasteiger partial charge in [-0.15, -0.1) is 0 Å². The first kappa shape index (κ1) is 31.9. The van der Waals surface area contributed by atoms with Crippen LogP contribution in [0.5, 0.6) is 0 Å². The molecule has 2 atom stereocenters. The van der Waals surface area contributed by atoms with Crippen molar-refractivity contribution in [2.24, 2.45) is 0 Å². The molecule has 9 nitrogen and oxygen atoms in total. The van der Waals surface area contributed by atoms with Crippen LogP contribution in [0.1, 0.15) is 44.9 Å². The standard InChI is InChI=1S/C31H30ClF4N7O2/c1-7-19(44)42-15(5)11-41(12-16(42)6)29-17-10-18(33)27(20-21(32)25(37)24(36)23(35)22(20)34)39-30(17)43(31(45)40-29)28-14(4)8-9-38-26(28)13(2)3/h7-10,13,15-16H,1,11-12,37H2,2-6H3/t15-,16+. The number of pyridine rings is 2. The molecule has 1 aliphatic heterocycles. The second kappa shape index (κ2) is 11.8. The molecule has 14 heteroatoms. The van der Waals surface area contributed by atoms with Crippen molar-refractivity contribution >= 4 is 40.0 Å². The molecule has 1 saturated heterocycles. The number of fused-ring (bicyclic) bond motifs is 1. The second-order valence-electron chi connectivity index (χ2n) is 11.4. The number of carbonyl (C=O) groups excluding carboxylic acids is 1. The molecule has 0 bridgehead atoms. The zero-order valence-electron chi connectivity index (χ0n) is 25.1. The summed E-state index contributed by atoms with van der Waals surface area (Å²) in [6.45, 7) is 13.1. The third-order valence-corrected chi connectivity index (χ3v) is 8.30. The van der Waals surface area contributed by atoms with Crippen LogP contribution in [0.25, 0.3) is 28.0 Å². The molecule has 0 aliphatic carbocycles. The fourth-order valence-corrected chi connectivity index (χ4v) is 6.16. The van der Waals surface area contributed by atoms with Gasteiger partial charge in [0.05, 0.1) is 33.0 Å². The van der Waals surface area contributed by atoms with Crippen LogP contribution in [-0.4, -0.2) is 55.5 Å². The van der Waals surface area contributed by atoms with Gasteiger partial charge in [0.15, 0.2) is 28.9 Å². The fourth-order valence-electron chi connectivity index (χ4n) is 5.90. The molecule has 1 amide bonds. The summed E-state index contributed by atoms with van der Waals surface area (Å²) >= 11 is 6.13. The van der Waals surface area contributed by atoms with Crippen LogP contribution in [0.2, 0.25) is 5.02 Å². The molecule has 0 spiro atoms. The summed E-state index contributed by atoms with van der Waals surface area (Å²) in [6.07, 6.45) is 2.80. The maximum atomic E-state index is 16.0. The Morgan fingerprint density at radius 3 is 2.36 bits per heavy atom. The average molecular weight is 644 g/mol. The third-order valence-electron chi connectivity index (χ3n) is 7.91. The van der Waals surface area contributed by atoms with Crippen LogP contribution >= 0.6 is 11.6 Å². The number of hydrogen-bond donors (Lipinski definition) is 1. The summed E-state index contributed by atoms with van der Waals surface area (Å²) in [5, 5.41) is -0.727. The van der Waals surface area contributed by atoms with Crippen LogP contribution in [0.4, 0.5) is 29.1 Å². The highest BCUT2D eigenvalue weighted by molar-refractivity contribution is 6.35. The molecular formula is C31H30ClF4N7O2. The summed E-state index contributed by atoms with van der Waals surface area (Å²) in [4.78, 5) is 43.1. The first-order valence-electron chi connectivity index (χ1n) is 14.1. The third kappa shape index (κ3) is 5.18. The van der Waals surface area contributed by atoms with Crippen molar-refractivity contribution in [2.45, 2.75) is 52.6 Å². The van der Waals surface area contributed by atoms with Crippen molar-refractivity contribution < 1.29 is 22.4 Å². The van der Waals surface area contributed by atoms with E-state index in [-0.39, 0.29) is 53.8 Å². The monoisotopic (exact) mass is 643 g/mol. The van der Waals surface area contributed by atoms with E-state index in [9.17, 15) is 18.4 Å². The lowest BCUT2D eigenvalue weighted by atomic mass is 10.0. The molecule has 4 heterocycles. The van der Waals surface area contributed by atoms with Gasteiger partial charge in [0.1, 0.15) is 11.5 Å². The van der Waals surface area contributed by atoms with Crippen LogP contribution in [0.3, 0.4) is 0 Å². The first-order valence-corrected chi connectivity index (χ1v) is 14.5. The zero-order chi connectivity index (χ0) is 33.1. The molecule has 2 N–H and O–H groups in total. The number of halogens is 5. The molecule has 1 fully saturated rings. The van der Waals surface area contributed by atoms with E-state index in [2.05, 4.69) is 21.5 Å². The number of aromatic nitrogens is 4. The first-order chi connectivity index (χ1) is 21.2. The van der Waals surface area contributed by atoms with Crippen LogP contribution in [0.15, 0.2) is 35.8 Å². The van der Waals surface area contributed by atoms with Gasteiger partial charge in [-0.25, -0.2) is 31.9 Å². The van der Waals surface area contributed by atoms with Crippen LogP contribution < -0.4 is 16.3 Å². The highest BCUT2D eigenvalue weighted by Crippen LogP contribution is 2.40. The molecule has 0 saturated carbocycles. The fraction of sp³-hybridized carbons (Fsp3) is 0.323. The number of benzene rings is 1. The highest BCUT2D eigenvalue weighted by atomic mass is 35.5. The molecule has 5 rings (SSSR count). The number of hydrogen-bond acceptors (Lipinski definition) is 7. The SMILES string of the molecule is C=CC(=O)N1[C@H](C)CN(c2nc(=O)n(-c3c(C)ccnc3C(C)C)c3nc(-c4c(F)c(F)c(F)c(N)c4Cl)c(F)cc23)C[C@@H]1C. The maximum Gasteiger partial charge on any atom is 0.355 e. The van der Waals surface area contributed by atoms with Gasteiger partial charge >= 0.3 is 5.69 Å². The van der Waals surface area contributed by atoms with Gasteiger partial charge in [0.2, 0.25) is 5.91 Å². The number of aryl methyl sites for hydroxylation is 1. The number of amides is 1. The number of nitrogen functional groups attached to an aromatic ring is 1. The summed E-state index contributed by atoms with van der Waals surface area (Å²) in [6, 6.07) is 1.97. The average Bonchev–Trinajstić information content (AvgIpc) is 2.99. The zero-order valence-corrected chi connectivity index (χ0v) is 25.9. The summed E-state index contributed by atoms with van der Waals surface area (Å²) in [5.74, 6) is -7.02. The van der Waals surface area contributed by atoms with E-state index in [1.165, 1.54) is 6.08 Å². The van der Waals surface area contributed by atoms with E-state index in [0.29, 0.717) is 16.9 Å². The van der Waals surface area contributed by atoms with Crippen LogP contribution in [-0.2, 0) is 4.79 Å². The molecular weight excluding hydrogens is 614 g/mol. The van der Waals surface area contributed by atoms with Crippen molar-refractivity contribution in [3.05, 3.63) is 81.0 Å². The predicted octanol–water partition coefficient (Wildman–Crippen LogP) is 5.68. The molecule has 1 aromatic carbocycles. The topological polar surface area (TPSA) is 110 Å². The Morgan fingerprint density at radius 2 is 1.76 bits per heavy atom. The van der Waals surface area contributed by atoms with E-state index < -0.39 is 50.9 Å². The van der Waals surface area contributed by atoms with Gasteiger partial charge in [-0.1, -0.05) is 32.0 Å². The van der Waals surface area contributed by atoms with Gasteiger partial charge in [0.25, 0.3) is 0 Å². The second-order valence-corrected chi connectivity index (χ2v) is 11.7. The van der Waals surface area contributed by atoms with E-state index in [1.54, 1.807) is 29.0 Å². The van der Waals surface area contributed by atoms with E-state index in [4.69, 9.17) is 17.3 Å². The van der Waals surface area contributed by atoms with E-state index >= 15 is 8.78 Å². The Kier molecular flexibility index (Phi) is 8.34. The predicted molar refractivity (Wildman–Crippen MR) is 165 cm³/mol. The summed E-state index contributed by atoms with van der Waals surface area (Å²) in [5.41, 5.74) is 3.42. The Morgan fingerprint density at radius 1 is 1.11 bits per heavy atom. The van der Waals surface area contributed by atoms with Gasteiger partial charge in [-0.05, 0) is 50.5 Å². The highest BCUT2D eigenvalue weighted by Gasteiger charge is 2.35. The van der Waals surface area contributed by atoms with Crippen LogP contribution in [0, 0.1) is 30.2 Å². The van der Waals surface area contributed by atoms with E-state index in [1.807, 2.05) is 27.7 Å². The quantitative estimate of drug-likeness (QED) is 0.0980. The number of carbonyl (C=O) groups is 1. The van der Waals surface area contributed by atoms with Gasteiger partial charge < -0.3 is 15.5 Å². The number of anilines is 2. The molecule has 4 aromatic rings. The molecule has 0 radical (unpaired) electrons. The minimum Gasteiger partial charge on any atom is -0.395 e. The van der Waals surface area contributed by atoms with Gasteiger partial charge in [-0.2, -0.15) is 4.98 Å². The Bertz CT molecular complexity index is 1910. The van der Waals surface area contributed by atoms with Crippen molar-refractivity contribution in [3.63, 3.8) is 0 Å². The van der Waals surface area contributed by atoms with Gasteiger partial charge in [-0.3, -0.25) is 9.78 Å². The molecule has 45 heavy (non-hydrogen) atoms. The smallest absolute Gasteiger partial charge is 0.355 e. The lowest BCUT2D eigenvalue weighted by Gasteiger charge is -2.44. The van der Waals surface area contributed by atoms with Crippen molar-refractivity contribution in [1.82, 2.24) is 24.4 Å². The normalized spacial score (nSPS) is 17.0. The maximum absolute atomic E-state index is 16.0. The number of nitrogens with two attached hydrogens (primary N) is 1. The summed E-state index contributed by atoms with van der Waals surface area (Å²) in [7, 11) is 0.